The first kappa shape index (κ1) is 26.4. The number of benzene rings is 3. The second kappa shape index (κ2) is 12.0. The molecule has 3 rings (SSSR count). The smallest absolute Gasteiger partial charge is 0.264 e. The Balaban J connectivity index is 1.95. The van der Waals surface area contributed by atoms with Gasteiger partial charge in [-0.1, -0.05) is 64.5 Å². The number of hydrogen-bond acceptors (Lipinski definition) is 4. The number of sulfonamides is 1. The van der Waals surface area contributed by atoms with Crippen LogP contribution in [0.15, 0.2) is 94.3 Å². The topological polar surface area (TPSA) is 86.8 Å². The normalized spacial score (nSPS) is 12.0. The van der Waals surface area contributed by atoms with Gasteiger partial charge in [-0.2, -0.15) is 0 Å². The van der Waals surface area contributed by atoms with E-state index in [2.05, 4.69) is 21.2 Å². The minimum atomic E-state index is -4.04. The van der Waals surface area contributed by atoms with Crippen LogP contribution in [0.3, 0.4) is 0 Å². The zero-order valence-corrected chi connectivity index (χ0v) is 22.0. The van der Waals surface area contributed by atoms with Crippen LogP contribution in [0.1, 0.15) is 12.5 Å². The number of hydrogen-bond donors (Lipinski definition) is 1. The Morgan fingerprint density at radius 3 is 2.06 bits per heavy atom. The molecule has 1 atom stereocenters. The van der Waals surface area contributed by atoms with Crippen LogP contribution in [-0.2, 0) is 26.0 Å². The molecule has 9 heteroatoms. The molecule has 0 unspecified atom stereocenters. The van der Waals surface area contributed by atoms with Crippen molar-refractivity contribution in [1.29, 1.82) is 0 Å². The SMILES string of the molecule is CNC(=O)[C@H](C)N(CCc1ccccc1)C(=O)CN(c1ccc(Br)cc1)S(=O)(=O)c1ccccc1. The second-order valence-corrected chi connectivity index (χ2v) is 10.7. The molecule has 0 aliphatic carbocycles. The fourth-order valence-electron chi connectivity index (χ4n) is 3.63. The molecule has 0 aliphatic heterocycles. The molecule has 0 bridgehead atoms. The van der Waals surface area contributed by atoms with Gasteiger partial charge in [-0.3, -0.25) is 13.9 Å². The Kier molecular flexibility index (Phi) is 9.06. The Hall–Kier alpha value is -3.17. The zero-order chi connectivity index (χ0) is 25.4. The van der Waals surface area contributed by atoms with Gasteiger partial charge in [0.15, 0.2) is 0 Å². The third-order valence-electron chi connectivity index (χ3n) is 5.62. The van der Waals surface area contributed by atoms with Crippen LogP contribution in [0.4, 0.5) is 5.69 Å². The van der Waals surface area contributed by atoms with E-state index in [1.807, 2.05) is 30.3 Å². The molecule has 0 fully saturated rings. The minimum Gasteiger partial charge on any atom is -0.357 e. The molecule has 0 saturated heterocycles. The first-order valence-electron chi connectivity index (χ1n) is 11.1. The molecule has 3 aromatic rings. The monoisotopic (exact) mass is 557 g/mol. The van der Waals surface area contributed by atoms with Crippen LogP contribution in [0, 0.1) is 0 Å². The van der Waals surface area contributed by atoms with Crippen molar-refractivity contribution in [2.24, 2.45) is 0 Å². The lowest BCUT2D eigenvalue weighted by Crippen LogP contribution is -2.51. The molecule has 184 valence electrons. The molecule has 2 amide bonds. The van der Waals surface area contributed by atoms with Crippen molar-refractivity contribution in [3.63, 3.8) is 0 Å². The van der Waals surface area contributed by atoms with E-state index < -0.39 is 28.5 Å². The highest BCUT2D eigenvalue weighted by molar-refractivity contribution is 9.10. The molecular formula is C26H28BrN3O4S. The van der Waals surface area contributed by atoms with Crippen LogP contribution in [0.5, 0.6) is 0 Å². The average molecular weight is 558 g/mol. The summed E-state index contributed by atoms with van der Waals surface area (Å²) in [6.45, 7) is 1.45. The van der Waals surface area contributed by atoms with Gasteiger partial charge in [0.2, 0.25) is 11.8 Å². The standard InChI is InChI=1S/C26H28BrN3O4S/c1-20(26(32)28-2)29(18-17-21-9-5-3-6-10-21)25(31)19-30(23-15-13-22(27)14-16-23)35(33,34)24-11-7-4-8-12-24/h3-16,20H,17-19H2,1-2H3,(H,28,32)/t20-/m0/s1. The number of carbonyl (C=O) groups excluding carboxylic acids is 2. The van der Waals surface area contributed by atoms with Crippen molar-refractivity contribution < 1.29 is 18.0 Å². The quantitative estimate of drug-likeness (QED) is 0.410. The summed E-state index contributed by atoms with van der Waals surface area (Å²) in [6.07, 6.45) is 0.525. The van der Waals surface area contributed by atoms with Gasteiger partial charge in [0.05, 0.1) is 10.6 Å². The summed E-state index contributed by atoms with van der Waals surface area (Å²) in [6, 6.07) is 23.5. The molecule has 0 aliphatic rings. The van der Waals surface area contributed by atoms with Gasteiger partial charge in [0.25, 0.3) is 10.0 Å². The highest BCUT2D eigenvalue weighted by Crippen LogP contribution is 2.25. The van der Waals surface area contributed by atoms with Crippen molar-refractivity contribution in [1.82, 2.24) is 10.2 Å². The second-order valence-electron chi connectivity index (χ2n) is 7.91. The summed E-state index contributed by atoms with van der Waals surface area (Å²) in [4.78, 5) is 27.5. The predicted molar refractivity (Wildman–Crippen MR) is 141 cm³/mol. The van der Waals surface area contributed by atoms with Crippen LogP contribution in [0.25, 0.3) is 0 Å². The van der Waals surface area contributed by atoms with E-state index >= 15 is 0 Å². The third-order valence-corrected chi connectivity index (χ3v) is 7.94. The van der Waals surface area contributed by atoms with E-state index in [1.54, 1.807) is 49.4 Å². The number of amides is 2. The predicted octanol–water partition coefficient (Wildman–Crippen LogP) is 3.85. The van der Waals surface area contributed by atoms with E-state index in [4.69, 9.17) is 0 Å². The number of carbonyl (C=O) groups is 2. The Labute approximate surface area is 214 Å². The summed E-state index contributed by atoms with van der Waals surface area (Å²) in [5.74, 6) is -0.799. The third kappa shape index (κ3) is 6.70. The average Bonchev–Trinajstić information content (AvgIpc) is 2.88. The molecule has 7 nitrogen and oxygen atoms in total. The lowest BCUT2D eigenvalue weighted by atomic mass is 10.1. The van der Waals surface area contributed by atoms with Crippen molar-refractivity contribution in [2.75, 3.05) is 24.4 Å². The maximum Gasteiger partial charge on any atom is 0.264 e. The maximum absolute atomic E-state index is 13.6. The Morgan fingerprint density at radius 2 is 1.49 bits per heavy atom. The molecule has 0 saturated carbocycles. The molecule has 35 heavy (non-hydrogen) atoms. The van der Waals surface area contributed by atoms with E-state index in [1.165, 1.54) is 24.1 Å². The van der Waals surface area contributed by atoms with E-state index in [0.29, 0.717) is 12.1 Å². The van der Waals surface area contributed by atoms with Gasteiger partial charge in [-0.15, -0.1) is 0 Å². The molecule has 0 heterocycles. The van der Waals surface area contributed by atoms with E-state index in [-0.39, 0.29) is 17.3 Å². The molecular weight excluding hydrogens is 530 g/mol. The highest BCUT2D eigenvalue weighted by Gasteiger charge is 2.32. The number of halogens is 1. The van der Waals surface area contributed by atoms with Crippen LogP contribution >= 0.6 is 15.9 Å². The zero-order valence-electron chi connectivity index (χ0n) is 19.6. The van der Waals surface area contributed by atoms with Crippen LogP contribution < -0.4 is 9.62 Å². The largest absolute Gasteiger partial charge is 0.357 e. The summed E-state index contributed by atoms with van der Waals surface area (Å²) in [5.41, 5.74) is 1.36. The van der Waals surface area contributed by atoms with Gasteiger partial charge < -0.3 is 10.2 Å². The van der Waals surface area contributed by atoms with Crippen LogP contribution in [-0.4, -0.2) is 51.3 Å². The molecule has 1 N–H and O–H groups in total. The van der Waals surface area contributed by atoms with Gasteiger partial charge >= 0.3 is 0 Å². The summed E-state index contributed by atoms with van der Waals surface area (Å²) >= 11 is 3.36. The summed E-state index contributed by atoms with van der Waals surface area (Å²) in [5, 5.41) is 2.58. The summed E-state index contributed by atoms with van der Waals surface area (Å²) < 4.78 is 29.0. The Morgan fingerprint density at radius 1 is 0.914 bits per heavy atom. The van der Waals surface area contributed by atoms with Crippen LogP contribution in [0.2, 0.25) is 0 Å². The minimum absolute atomic E-state index is 0.0749. The van der Waals surface area contributed by atoms with E-state index in [9.17, 15) is 18.0 Å². The first-order valence-corrected chi connectivity index (χ1v) is 13.4. The number of likely N-dealkylation sites (N-methyl/N-ethyl adjacent to an activating group) is 1. The number of anilines is 1. The summed E-state index contributed by atoms with van der Waals surface area (Å²) in [7, 11) is -2.54. The number of rotatable bonds is 10. The van der Waals surface area contributed by atoms with Gasteiger partial charge in [-0.05, 0) is 55.3 Å². The maximum atomic E-state index is 13.6. The van der Waals surface area contributed by atoms with Gasteiger partial charge in [0.1, 0.15) is 12.6 Å². The molecule has 3 aromatic carbocycles. The highest BCUT2D eigenvalue weighted by atomic mass is 79.9. The molecule has 0 radical (unpaired) electrons. The fourth-order valence-corrected chi connectivity index (χ4v) is 5.33. The lowest BCUT2D eigenvalue weighted by molar-refractivity contribution is -0.138. The first-order chi connectivity index (χ1) is 16.7. The lowest BCUT2D eigenvalue weighted by Gasteiger charge is -2.31. The van der Waals surface area contributed by atoms with Crippen molar-refractivity contribution in [3.05, 3.63) is 95.0 Å². The van der Waals surface area contributed by atoms with Crippen molar-refractivity contribution in [2.45, 2.75) is 24.3 Å². The number of nitrogens with one attached hydrogen (secondary N) is 1. The number of nitrogens with zero attached hydrogens (tertiary/aromatic N) is 2. The molecule has 0 spiro atoms. The Bertz CT molecular complexity index is 1240. The van der Waals surface area contributed by atoms with E-state index in [0.717, 1.165) is 14.3 Å². The van der Waals surface area contributed by atoms with Crippen molar-refractivity contribution >= 4 is 43.5 Å². The molecule has 0 aromatic heterocycles. The fraction of sp³-hybridized carbons (Fsp3) is 0.231. The van der Waals surface area contributed by atoms with Gasteiger partial charge in [-0.25, -0.2) is 8.42 Å². The van der Waals surface area contributed by atoms with Crippen molar-refractivity contribution in [3.8, 4) is 0 Å². The van der Waals surface area contributed by atoms with Gasteiger partial charge in [0, 0.05) is 18.1 Å².